The van der Waals surface area contributed by atoms with Crippen molar-refractivity contribution in [1.29, 1.82) is 0 Å². The topological polar surface area (TPSA) is 101 Å². The van der Waals surface area contributed by atoms with E-state index in [1.807, 2.05) is 6.92 Å². The zero-order chi connectivity index (χ0) is 17.2. The first-order valence-corrected chi connectivity index (χ1v) is 9.71. The van der Waals surface area contributed by atoms with Crippen LogP contribution in [0.3, 0.4) is 0 Å². The first-order valence-electron chi connectivity index (χ1n) is 6.62. The summed E-state index contributed by atoms with van der Waals surface area (Å²) in [5.74, 6) is -0.482. The van der Waals surface area contributed by atoms with Crippen LogP contribution in [0, 0.1) is 12.8 Å². The normalized spacial score (nSPS) is 11.5. The molecule has 0 spiro atoms. The minimum atomic E-state index is -3.85. The number of halogens is 1. The lowest BCUT2D eigenvalue weighted by atomic mass is 10.2. The fraction of sp³-hybridized carbons (Fsp3) is 0.308. The second kappa shape index (κ2) is 6.93. The van der Waals surface area contributed by atoms with E-state index in [2.05, 4.69) is 36.2 Å². The van der Waals surface area contributed by atoms with Gasteiger partial charge in [-0.1, -0.05) is 41.1 Å². The Kier molecular flexibility index (Phi) is 5.37. The number of sulfonamides is 1. The Labute approximate surface area is 146 Å². The second-order valence-corrected chi connectivity index (χ2v) is 8.77. The lowest BCUT2D eigenvalue weighted by Gasteiger charge is -2.06. The number of benzene rings is 1. The van der Waals surface area contributed by atoms with Gasteiger partial charge >= 0.3 is 0 Å². The SMILES string of the molecule is Cc1cc(NS(=O)(=O)c2nnc(NC(=O)C(C)C)s2)ccc1Br. The number of anilines is 2. The monoisotopic (exact) mass is 418 g/mol. The fourth-order valence-electron chi connectivity index (χ4n) is 1.53. The molecular weight excluding hydrogens is 404 g/mol. The van der Waals surface area contributed by atoms with Crippen LogP contribution in [0.15, 0.2) is 27.0 Å². The summed E-state index contributed by atoms with van der Waals surface area (Å²) in [6.45, 7) is 5.31. The molecule has 7 nitrogen and oxygen atoms in total. The Morgan fingerprint density at radius 1 is 1.30 bits per heavy atom. The average Bonchev–Trinajstić information content (AvgIpc) is 2.92. The number of hydrogen-bond acceptors (Lipinski definition) is 6. The molecule has 2 rings (SSSR count). The second-order valence-electron chi connectivity index (χ2n) is 5.09. The number of nitrogens with one attached hydrogen (secondary N) is 2. The predicted octanol–water partition coefficient (Wildman–Crippen LogP) is 3.00. The standard InChI is InChI=1S/C13H15BrN4O3S2/c1-7(2)11(19)15-12-16-17-13(22-12)23(20,21)18-9-4-5-10(14)8(3)6-9/h4-7,18H,1-3H3,(H,15,16,19). The van der Waals surface area contributed by atoms with Gasteiger partial charge in [0.25, 0.3) is 14.4 Å². The number of amides is 1. The van der Waals surface area contributed by atoms with Gasteiger partial charge in [-0.2, -0.15) is 8.42 Å². The summed E-state index contributed by atoms with van der Waals surface area (Å²) in [6, 6.07) is 5.09. The van der Waals surface area contributed by atoms with Gasteiger partial charge in [-0.15, -0.1) is 10.2 Å². The molecule has 0 radical (unpaired) electrons. The molecule has 0 aliphatic rings. The Morgan fingerprint density at radius 3 is 2.61 bits per heavy atom. The van der Waals surface area contributed by atoms with Crippen LogP contribution in [-0.2, 0) is 14.8 Å². The molecular formula is C13H15BrN4O3S2. The average molecular weight is 419 g/mol. The number of carbonyl (C=O) groups excluding carboxylic acids is 1. The van der Waals surface area contributed by atoms with E-state index in [4.69, 9.17) is 0 Å². The third kappa shape index (κ3) is 4.49. The lowest BCUT2D eigenvalue weighted by Crippen LogP contribution is -2.17. The number of hydrogen-bond donors (Lipinski definition) is 2. The zero-order valence-corrected chi connectivity index (χ0v) is 15.8. The Morgan fingerprint density at radius 2 is 2.00 bits per heavy atom. The largest absolute Gasteiger partial charge is 0.300 e. The molecule has 2 aromatic rings. The third-order valence-corrected chi connectivity index (χ3v) is 6.28. The first kappa shape index (κ1) is 17.8. The van der Waals surface area contributed by atoms with Crippen LogP contribution < -0.4 is 10.0 Å². The molecule has 10 heteroatoms. The van der Waals surface area contributed by atoms with Gasteiger partial charge < -0.3 is 5.32 Å². The molecule has 124 valence electrons. The molecule has 0 aliphatic heterocycles. The molecule has 0 unspecified atom stereocenters. The van der Waals surface area contributed by atoms with Gasteiger partial charge in [-0.3, -0.25) is 9.52 Å². The first-order chi connectivity index (χ1) is 10.7. The summed E-state index contributed by atoms with van der Waals surface area (Å²) in [6.07, 6.45) is 0. The smallest absolute Gasteiger partial charge is 0.291 e. The molecule has 0 aliphatic carbocycles. The van der Waals surface area contributed by atoms with E-state index < -0.39 is 10.0 Å². The molecule has 1 aromatic carbocycles. The van der Waals surface area contributed by atoms with Gasteiger partial charge in [0.05, 0.1) is 0 Å². The van der Waals surface area contributed by atoms with Crippen molar-refractivity contribution in [2.45, 2.75) is 25.1 Å². The zero-order valence-electron chi connectivity index (χ0n) is 12.6. The maximum atomic E-state index is 12.3. The van der Waals surface area contributed by atoms with Gasteiger partial charge in [0.1, 0.15) is 0 Å². The number of aryl methyl sites for hydroxylation is 1. The van der Waals surface area contributed by atoms with Crippen LogP contribution in [-0.4, -0.2) is 24.5 Å². The minimum Gasteiger partial charge on any atom is -0.300 e. The molecule has 1 heterocycles. The highest BCUT2D eigenvalue weighted by molar-refractivity contribution is 9.10. The molecule has 2 N–H and O–H groups in total. The van der Waals surface area contributed by atoms with Crippen LogP contribution in [0.5, 0.6) is 0 Å². The molecule has 1 amide bonds. The number of carbonyl (C=O) groups is 1. The summed E-state index contributed by atoms with van der Waals surface area (Å²) < 4.78 is 27.7. The van der Waals surface area contributed by atoms with Crippen LogP contribution in [0.1, 0.15) is 19.4 Å². The van der Waals surface area contributed by atoms with Crippen molar-refractivity contribution >= 4 is 54.0 Å². The van der Waals surface area contributed by atoms with Crippen LogP contribution >= 0.6 is 27.3 Å². The highest BCUT2D eigenvalue weighted by Crippen LogP contribution is 2.25. The van der Waals surface area contributed by atoms with Crippen LogP contribution in [0.25, 0.3) is 0 Å². The minimum absolute atomic E-state index is 0.149. The summed E-state index contributed by atoms with van der Waals surface area (Å²) in [4.78, 5) is 11.6. The Bertz CT molecular complexity index is 833. The summed E-state index contributed by atoms with van der Waals surface area (Å²) in [5.41, 5.74) is 1.32. The highest BCUT2D eigenvalue weighted by atomic mass is 79.9. The molecule has 23 heavy (non-hydrogen) atoms. The van der Waals surface area contributed by atoms with Gasteiger partial charge in [-0.05, 0) is 30.7 Å². The maximum Gasteiger partial charge on any atom is 0.291 e. The number of nitrogens with zero attached hydrogens (tertiary/aromatic N) is 2. The summed E-state index contributed by atoms with van der Waals surface area (Å²) in [5, 5.41) is 9.99. The Hall–Kier alpha value is -1.52. The van der Waals surface area contributed by atoms with E-state index in [1.165, 1.54) is 0 Å². The summed E-state index contributed by atoms with van der Waals surface area (Å²) in [7, 11) is -3.85. The van der Waals surface area contributed by atoms with E-state index >= 15 is 0 Å². The maximum absolute atomic E-state index is 12.3. The van der Waals surface area contributed by atoms with E-state index in [9.17, 15) is 13.2 Å². The molecule has 0 fully saturated rings. The Balaban J connectivity index is 2.18. The van der Waals surface area contributed by atoms with E-state index in [0.29, 0.717) is 5.69 Å². The van der Waals surface area contributed by atoms with E-state index in [0.717, 1.165) is 21.4 Å². The highest BCUT2D eigenvalue weighted by Gasteiger charge is 2.21. The molecule has 0 atom stereocenters. The third-order valence-electron chi connectivity index (χ3n) is 2.80. The van der Waals surface area contributed by atoms with Crippen LogP contribution in [0.4, 0.5) is 10.8 Å². The fourth-order valence-corrected chi connectivity index (χ4v) is 3.73. The van der Waals surface area contributed by atoms with Crippen molar-refractivity contribution < 1.29 is 13.2 Å². The van der Waals surface area contributed by atoms with E-state index in [-0.39, 0.29) is 21.3 Å². The van der Waals surface area contributed by atoms with Crippen molar-refractivity contribution in [1.82, 2.24) is 10.2 Å². The molecule has 0 saturated carbocycles. The van der Waals surface area contributed by atoms with Crippen molar-refractivity contribution in [3.8, 4) is 0 Å². The van der Waals surface area contributed by atoms with Gasteiger partial charge in [0, 0.05) is 16.1 Å². The molecule has 0 saturated heterocycles. The summed E-state index contributed by atoms with van der Waals surface area (Å²) >= 11 is 4.15. The van der Waals surface area contributed by atoms with Crippen molar-refractivity contribution in [3.63, 3.8) is 0 Å². The lowest BCUT2D eigenvalue weighted by molar-refractivity contribution is -0.118. The van der Waals surface area contributed by atoms with Crippen molar-refractivity contribution in [3.05, 3.63) is 28.2 Å². The van der Waals surface area contributed by atoms with Gasteiger partial charge in [-0.25, -0.2) is 0 Å². The molecule has 1 aromatic heterocycles. The van der Waals surface area contributed by atoms with Crippen molar-refractivity contribution in [2.24, 2.45) is 5.92 Å². The van der Waals surface area contributed by atoms with Crippen molar-refractivity contribution in [2.75, 3.05) is 10.0 Å². The van der Waals surface area contributed by atoms with Crippen LogP contribution in [0.2, 0.25) is 0 Å². The molecule has 0 bridgehead atoms. The predicted molar refractivity (Wildman–Crippen MR) is 93.1 cm³/mol. The number of rotatable bonds is 5. The van der Waals surface area contributed by atoms with Gasteiger partial charge in [0.15, 0.2) is 0 Å². The van der Waals surface area contributed by atoms with E-state index in [1.54, 1.807) is 32.0 Å². The quantitative estimate of drug-likeness (QED) is 0.726. The van der Waals surface area contributed by atoms with Gasteiger partial charge in [0.2, 0.25) is 11.0 Å². The number of aromatic nitrogens is 2.